The Morgan fingerprint density at radius 3 is 1.27 bits per heavy atom. The first-order valence-electron chi connectivity index (χ1n) is 23.3. The average molecular weight is 852 g/mol. The van der Waals surface area contributed by atoms with Crippen molar-refractivity contribution in [2.45, 2.75) is 10.8 Å². The van der Waals surface area contributed by atoms with Gasteiger partial charge in [-0.15, -0.1) is 0 Å². The Labute approximate surface area is 392 Å². The number of hydrogen-bond acceptors (Lipinski definition) is 1. The van der Waals surface area contributed by atoms with Crippen LogP contribution in [0.25, 0.3) is 44.2 Å². The van der Waals surface area contributed by atoms with Crippen molar-refractivity contribution in [3.8, 4) is 33.4 Å². The fraction of sp³-hybridized carbons (Fsp3) is 0.0303. The van der Waals surface area contributed by atoms with Gasteiger partial charge in [0.05, 0.1) is 10.8 Å². The van der Waals surface area contributed by atoms with Crippen LogP contribution in [-0.4, -0.2) is 0 Å². The monoisotopic (exact) mass is 851 g/mol. The molecule has 1 nitrogen and oxygen atoms in total. The summed E-state index contributed by atoms with van der Waals surface area (Å²) in [5.41, 5.74) is 19.8. The fourth-order valence-electron chi connectivity index (χ4n) is 11.9. The van der Waals surface area contributed by atoms with Gasteiger partial charge < -0.3 is 4.90 Å². The highest BCUT2D eigenvalue weighted by Gasteiger charge is 2.50. The topological polar surface area (TPSA) is 3.24 Å². The second kappa shape index (κ2) is 15.6. The highest BCUT2D eigenvalue weighted by molar-refractivity contribution is 5.97. The third-order valence-corrected chi connectivity index (χ3v) is 14.6. The van der Waals surface area contributed by atoms with E-state index in [9.17, 15) is 0 Å². The molecule has 0 aliphatic heterocycles. The maximum absolute atomic E-state index is 2.57. The van der Waals surface area contributed by atoms with Gasteiger partial charge >= 0.3 is 0 Å². The molecular formula is C66H45N. The Balaban J connectivity index is 1.05. The maximum atomic E-state index is 2.57. The van der Waals surface area contributed by atoms with Crippen molar-refractivity contribution in [2.75, 3.05) is 4.90 Å². The molecule has 0 saturated carbocycles. The van der Waals surface area contributed by atoms with E-state index < -0.39 is 10.8 Å². The summed E-state index contributed by atoms with van der Waals surface area (Å²) in [6.07, 6.45) is 0. The van der Waals surface area contributed by atoms with Crippen LogP contribution in [-0.2, 0) is 10.8 Å². The number of anilines is 3. The average Bonchev–Trinajstić information content (AvgIpc) is 3.88. The molecule has 11 aromatic carbocycles. The van der Waals surface area contributed by atoms with Crippen LogP contribution in [0.1, 0.15) is 44.5 Å². The largest absolute Gasteiger partial charge is 0.310 e. The molecule has 2 aliphatic rings. The molecule has 0 aromatic heterocycles. The summed E-state index contributed by atoms with van der Waals surface area (Å²) < 4.78 is 0. The van der Waals surface area contributed by atoms with E-state index in [4.69, 9.17) is 0 Å². The smallest absolute Gasteiger partial charge is 0.0714 e. The summed E-state index contributed by atoms with van der Waals surface area (Å²) in [5.74, 6) is 0. The van der Waals surface area contributed by atoms with Crippen LogP contribution in [0.3, 0.4) is 0 Å². The van der Waals surface area contributed by atoms with E-state index in [0.717, 1.165) is 17.1 Å². The van der Waals surface area contributed by atoms with Crippen LogP contribution in [0.15, 0.2) is 273 Å². The Hall–Kier alpha value is -8.52. The van der Waals surface area contributed by atoms with Crippen molar-refractivity contribution in [1.29, 1.82) is 0 Å². The standard InChI is InChI=1S/C66H45N/c1-5-22-48(23-6-1)65(49-24-7-2-8-25-49)63-44-51(66(50-26-9-3-10-27-50)61-34-17-15-31-57(61)58-32-16-18-35-62(58)66)38-42-59(63)60-43-41-54(45-64(60)65)67(52-28-11-4-12-29-52)53-39-36-47(37-40-53)56-33-19-21-46-20-13-14-30-55(46)56/h1-45H. The Morgan fingerprint density at radius 1 is 0.239 bits per heavy atom. The second-order valence-corrected chi connectivity index (χ2v) is 17.9. The molecule has 0 N–H and O–H groups in total. The van der Waals surface area contributed by atoms with E-state index in [1.807, 2.05) is 0 Å². The zero-order chi connectivity index (χ0) is 44.4. The molecule has 0 heterocycles. The van der Waals surface area contributed by atoms with Crippen LogP contribution in [0.4, 0.5) is 17.1 Å². The summed E-state index contributed by atoms with van der Waals surface area (Å²) in [6.45, 7) is 0. The molecule has 0 radical (unpaired) electrons. The Morgan fingerprint density at radius 2 is 0.657 bits per heavy atom. The molecule has 0 spiro atoms. The van der Waals surface area contributed by atoms with Gasteiger partial charge in [0, 0.05) is 17.1 Å². The molecule has 2 aliphatic carbocycles. The number of nitrogens with zero attached hydrogens (tertiary/aromatic N) is 1. The predicted molar refractivity (Wildman–Crippen MR) is 279 cm³/mol. The van der Waals surface area contributed by atoms with E-state index >= 15 is 0 Å². The van der Waals surface area contributed by atoms with Crippen molar-refractivity contribution >= 4 is 27.8 Å². The molecule has 13 rings (SSSR count). The summed E-state index contributed by atoms with van der Waals surface area (Å²) in [6, 6.07) is 101. The van der Waals surface area contributed by atoms with E-state index in [1.165, 1.54) is 88.7 Å². The molecule has 0 bridgehead atoms. The molecule has 1 heteroatoms. The van der Waals surface area contributed by atoms with Gasteiger partial charge in [-0.1, -0.05) is 237 Å². The highest BCUT2D eigenvalue weighted by Crippen LogP contribution is 2.61. The lowest BCUT2D eigenvalue weighted by molar-refractivity contribution is 0.742. The lowest BCUT2D eigenvalue weighted by atomic mass is 9.64. The highest BCUT2D eigenvalue weighted by atomic mass is 15.1. The number of para-hydroxylation sites is 1. The molecule has 314 valence electrons. The second-order valence-electron chi connectivity index (χ2n) is 17.9. The normalized spacial score (nSPS) is 13.6. The van der Waals surface area contributed by atoms with Gasteiger partial charge in [-0.25, -0.2) is 0 Å². The van der Waals surface area contributed by atoms with Crippen LogP contribution < -0.4 is 4.90 Å². The number of hydrogen-bond donors (Lipinski definition) is 0. The third-order valence-electron chi connectivity index (χ3n) is 14.6. The van der Waals surface area contributed by atoms with Crippen molar-refractivity contribution in [2.24, 2.45) is 0 Å². The molecule has 0 saturated heterocycles. The molecule has 67 heavy (non-hydrogen) atoms. The first kappa shape index (κ1) is 38.9. The van der Waals surface area contributed by atoms with E-state index in [2.05, 4.69) is 278 Å². The molecule has 11 aromatic rings. The van der Waals surface area contributed by atoms with Crippen LogP contribution in [0.5, 0.6) is 0 Å². The van der Waals surface area contributed by atoms with Crippen molar-refractivity contribution in [1.82, 2.24) is 0 Å². The lowest BCUT2D eigenvalue weighted by Gasteiger charge is -2.37. The Kier molecular flexibility index (Phi) is 9.05. The van der Waals surface area contributed by atoms with Crippen LogP contribution >= 0.6 is 0 Å². The number of rotatable bonds is 8. The molecule has 0 atom stereocenters. The van der Waals surface area contributed by atoms with E-state index in [0.29, 0.717) is 0 Å². The van der Waals surface area contributed by atoms with Crippen molar-refractivity contribution in [3.05, 3.63) is 317 Å². The summed E-state index contributed by atoms with van der Waals surface area (Å²) in [4.78, 5) is 2.42. The Bertz CT molecular complexity index is 3520. The zero-order valence-electron chi connectivity index (χ0n) is 36.9. The zero-order valence-corrected chi connectivity index (χ0v) is 36.9. The van der Waals surface area contributed by atoms with Gasteiger partial charge in [0.2, 0.25) is 0 Å². The minimum Gasteiger partial charge on any atom is -0.310 e. The van der Waals surface area contributed by atoms with E-state index in [-0.39, 0.29) is 0 Å². The first-order valence-corrected chi connectivity index (χ1v) is 23.3. The molecule has 0 amide bonds. The number of benzene rings is 11. The van der Waals surface area contributed by atoms with Crippen LogP contribution in [0.2, 0.25) is 0 Å². The molecular weight excluding hydrogens is 807 g/mol. The molecule has 0 unspecified atom stereocenters. The minimum absolute atomic E-state index is 0.537. The van der Waals surface area contributed by atoms with Gasteiger partial charge in [-0.2, -0.15) is 0 Å². The maximum Gasteiger partial charge on any atom is 0.0714 e. The summed E-state index contributed by atoms with van der Waals surface area (Å²) >= 11 is 0. The van der Waals surface area contributed by atoms with Crippen LogP contribution in [0, 0.1) is 0 Å². The minimum atomic E-state index is -0.644. The SMILES string of the molecule is c1ccc(N(c2ccc(-c3cccc4ccccc34)cc2)c2ccc3c(c2)C(c2ccccc2)(c2ccccc2)c2cc(C4(c5ccccc5)c5ccccc5-c5ccccc54)ccc2-3)cc1. The predicted octanol–water partition coefficient (Wildman–Crippen LogP) is 16.7. The van der Waals surface area contributed by atoms with Gasteiger partial charge in [0.1, 0.15) is 0 Å². The van der Waals surface area contributed by atoms with E-state index in [1.54, 1.807) is 0 Å². The van der Waals surface area contributed by atoms with Crippen molar-refractivity contribution < 1.29 is 0 Å². The van der Waals surface area contributed by atoms with Gasteiger partial charge in [0.15, 0.2) is 0 Å². The fourth-order valence-corrected chi connectivity index (χ4v) is 11.9. The summed E-state index contributed by atoms with van der Waals surface area (Å²) in [7, 11) is 0. The lowest BCUT2D eigenvalue weighted by Crippen LogP contribution is -2.31. The van der Waals surface area contributed by atoms with Gasteiger partial charge in [0.25, 0.3) is 0 Å². The quantitative estimate of drug-likeness (QED) is 0.147. The third kappa shape index (κ3) is 5.81. The van der Waals surface area contributed by atoms with Gasteiger partial charge in [-0.05, 0) is 125 Å². The van der Waals surface area contributed by atoms with Crippen molar-refractivity contribution in [3.63, 3.8) is 0 Å². The number of fused-ring (bicyclic) bond motifs is 7. The summed E-state index contributed by atoms with van der Waals surface area (Å²) in [5, 5.41) is 2.50. The van der Waals surface area contributed by atoms with Gasteiger partial charge in [-0.3, -0.25) is 0 Å². The first-order chi connectivity index (χ1) is 33.2. The molecule has 0 fully saturated rings.